The lowest BCUT2D eigenvalue weighted by molar-refractivity contribution is 0.675. The van der Waals surface area contributed by atoms with Crippen molar-refractivity contribution in [3.63, 3.8) is 0 Å². The summed E-state index contributed by atoms with van der Waals surface area (Å²) in [5.41, 5.74) is 1.12. The molecule has 0 aliphatic rings. The molecule has 0 fully saturated rings. The smallest absolute Gasteiger partial charge is 0.188 e. The molecule has 0 aliphatic carbocycles. The van der Waals surface area contributed by atoms with Crippen LogP contribution < -0.4 is 5.32 Å². The van der Waals surface area contributed by atoms with Crippen molar-refractivity contribution in [3.05, 3.63) is 35.1 Å². The summed E-state index contributed by atoms with van der Waals surface area (Å²) < 4.78 is 0. The van der Waals surface area contributed by atoms with E-state index in [4.69, 9.17) is 11.6 Å². The van der Waals surface area contributed by atoms with E-state index in [2.05, 4.69) is 27.4 Å². The van der Waals surface area contributed by atoms with Crippen LogP contribution in [-0.2, 0) is 6.54 Å². The van der Waals surface area contributed by atoms with Gasteiger partial charge in [-0.15, -0.1) is 0 Å². The Morgan fingerprint density at radius 3 is 3.00 bits per heavy atom. The molecule has 18 heavy (non-hydrogen) atoms. The van der Waals surface area contributed by atoms with Crippen LogP contribution in [0.1, 0.15) is 18.9 Å². The van der Waals surface area contributed by atoms with Crippen molar-refractivity contribution in [2.24, 2.45) is 0 Å². The van der Waals surface area contributed by atoms with E-state index in [1.807, 2.05) is 18.2 Å². The molecule has 0 radical (unpaired) electrons. The van der Waals surface area contributed by atoms with Gasteiger partial charge in [0.2, 0.25) is 0 Å². The molecule has 0 bridgehead atoms. The standard InChI is InChI=1S/C12H15ClN4S/c1-2-5-14-7-9-3-4-10(6-11(9)13)18-12-15-8-16-17-12/h3-4,6,8,14H,2,5,7H2,1H3,(H,15,16,17). The van der Waals surface area contributed by atoms with Crippen molar-refractivity contribution in [1.82, 2.24) is 20.5 Å². The summed E-state index contributed by atoms with van der Waals surface area (Å²) in [6.07, 6.45) is 2.62. The van der Waals surface area contributed by atoms with E-state index in [0.717, 1.165) is 40.1 Å². The van der Waals surface area contributed by atoms with Crippen molar-refractivity contribution < 1.29 is 0 Å². The fraction of sp³-hybridized carbons (Fsp3) is 0.333. The van der Waals surface area contributed by atoms with Gasteiger partial charge in [0.15, 0.2) is 5.16 Å². The lowest BCUT2D eigenvalue weighted by Gasteiger charge is -2.07. The number of benzene rings is 1. The SMILES string of the molecule is CCCNCc1ccc(Sc2ncn[nH]2)cc1Cl. The van der Waals surface area contributed by atoms with Gasteiger partial charge in [-0.2, -0.15) is 5.10 Å². The minimum atomic E-state index is 0.767. The van der Waals surface area contributed by atoms with Gasteiger partial charge in [-0.3, -0.25) is 5.10 Å². The largest absolute Gasteiger partial charge is 0.313 e. The van der Waals surface area contributed by atoms with Gasteiger partial charge >= 0.3 is 0 Å². The van der Waals surface area contributed by atoms with Crippen LogP contribution in [0, 0.1) is 0 Å². The van der Waals surface area contributed by atoms with Crippen molar-refractivity contribution >= 4 is 23.4 Å². The first kappa shape index (κ1) is 13.4. The molecule has 0 aliphatic heterocycles. The Morgan fingerprint density at radius 2 is 2.33 bits per heavy atom. The van der Waals surface area contributed by atoms with Gasteiger partial charge in [-0.1, -0.05) is 36.4 Å². The average molecular weight is 283 g/mol. The summed E-state index contributed by atoms with van der Waals surface area (Å²) in [7, 11) is 0. The molecular formula is C12H15ClN4S. The van der Waals surface area contributed by atoms with Gasteiger partial charge in [0, 0.05) is 16.5 Å². The first-order valence-electron chi connectivity index (χ1n) is 5.82. The fourth-order valence-electron chi connectivity index (χ4n) is 1.49. The van der Waals surface area contributed by atoms with E-state index in [-0.39, 0.29) is 0 Å². The Kier molecular flexibility index (Phi) is 5.04. The third-order valence-electron chi connectivity index (χ3n) is 2.37. The van der Waals surface area contributed by atoms with Crippen molar-refractivity contribution in [1.29, 1.82) is 0 Å². The summed E-state index contributed by atoms with van der Waals surface area (Å²) in [6, 6.07) is 6.05. The number of aromatic nitrogens is 3. The summed E-state index contributed by atoms with van der Waals surface area (Å²) in [4.78, 5) is 5.12. The highest BCUT2D eigenvalue weighted by molar-refractivity contribution is 7.99. The highest BCUT2D eigenvalue weighted by Gasteiger charge is 2.04. The lowest BCUT2D eigenvalue weighted by Crippen LogP contribution is -2.13. The van der Waals surface area contributed by atoms with Crippen LogP contribution in [0.3, 0.4) is 0 Å². The first-order chi connectivity index (χ1) is 8.79. The average Bonchev–Trinajstić information content (AvgIpc) is 2.85. The van der Waals surface area contributed by atoms with Crippen LogP contribution in [0.5, 0.6) is 0 Å². The summed E-state index contributed by atoms with van der Waals surface area (Å²) in [5, 5.41) is 11.5. The monoisotopic (exact) mass is 282 g/mol. The second-order valence-electron chi connectivity index (χ2n) is 3.82. The topological polar surface area (TPSA) is 53.6 Å². The van der Waals surface area contributed by atoms with Gasteiger partial charge in [0.1, 0.15) is 6.33 Å². The highest BCUT2D eigenvalue weighted by Crippen LogP contribution is 2.28. The van der Waals surface area contributed by atoms with Crippen LogP contribution in [-0.4, -0.2) is 21.7 Å². The number of rotatable bonds is 6. The van der Waals surface area contributed by atoms with E-state index in [0.29, 0.717) is 0 Å². The van der Waals surface area contributed by atoms with E-state index >= 15 is 0 Å². The van der Waals surface area contributed by atoms with Crippen LogP contribution in [0.4, 0.5) is 0 Å². The van der Waals surface area contributed by atoms with E-state index in [1.165, 1.54) is 18.1 Å². The number of hydrogen-bond acceptors (Lipinski definition) is 4. The Hall–Kier alpha value is -1.04. The third-order valence-corrected chi connectivity index (χ3v) is 3.61. The molecule has 0 saturated carbocycles. The maximum absolute atomic E-state index is 6.25. The van der Waals surface area contributed by atoms with E-state index in [1.54, 1.807) is 0 Å². The first-order valence-corrected chi connectivity index (χ1v) is 7.01. The Bertz CT molecular complexity index is 487. The van der Waals surface area contributed by atoms with Gasteiger partial charge in [-0.25, -0.2) is 4.98 Å². The van der Waals surface area contributed by atoms with Gasteiger partial charge in [-0.05, 0) is 30.7 Å². The lowest BCUT2D eigenvalue weighted by atomic mass is 10.2. The molecule has 2 aromatic rings. The molecule has 4 nitrogen and oxygen atoms in total. The predicted octanol–water partition coefficient (Wildman–Crippen LogP) is 3.11. The number of nitrogens with one attached hydrogen (secondary N) is 2. The van der Waals surface area contributed by atoms with E-state index in [9.17, 15) is 0 Å². The van der Waals surface area contributed by atoms with Gasteiger partial charge in [0.05, 0.1) is 0 Å². The minimum absolute atomic E-state index is 0.767. The normalized spacial score (nSPS) is 10.8. The Balaban J connectivity index is 2.00. The second kappa shape index (κ2) is 6.78. The van der Waals surface area contributed by atoms with Crippen LogP contribution in [0.2, 0.25) is 5.02 Å². The summed E-state index contributed by atoms with van der Waals surface area (Å²) in [6.45, 7) is 3.95. The number of hydrogen-bond donors (Lipinski definition) is 2. The molecule has 1 heterocycles. The van der Waals surface area contributed by atoms with Gasteiger partial charge < -0.3 is 5.32 Å². The molecule has 6 heteroatoms. The zero-order valence-corrected chi connectivity index (χ0v) is 11.7. The summed E-state index contributed by atoms with van der Waals surface area (Å²) >= 11 is 7.76. The van der Waals surface area contributed by atoms with Crippen molar-refractivity contribution in [2.75, 3.05) is 6.54 Å². The molecule has 2 rings (SSSR count). The highest BCUT2D eigenvalue weighted by atomic mass is 35.5. The molecule has 0 atom stereocenters. The number of halogens is 1. The molecular weight excluding hydrogens is 268 g/mol. The third kappa shape index (κ3) is 3.73. The zero-order valence-electron chi connectivity index (χ0n) is 10.1. The van der Waals surface area contributed by atoms with Crippen LogP contribution >= 0.6 is 23.4 Å². The molecule has 1 aromatic carbocycles. The zero-order chi connectivity index (χ0) is 12.8. The van der Waals surface area contributed by atoms with Crippen molar-refractivity contribution in [3.8, 4) is 0 Å². The number of nitrogens with zero attached hydrogens (tertiary/aromatic N) is 2. The maximum Gasteiger partial charge on any atom is 0.188 e. The molecule has 0 spiro atoms. The minimum Gasteiger partial charge on any atom is -0.313 e. The molecule has 2 N–H and O–H groups in total. The number of aromatic amines is 1. The molecule has 96 valence electrons. The fourth-order valence-corrected chi connectivity index (χ4v) is 2.54. The maximum atomic E-state index is 6.25. The van der Waals surface area contributed by atoms with E-state index < -0.39 is 0 Å². The van der Waals surface area contributed by atoms with Crippen LogP contribution in [0.15, 0.2) is 34.6 Å². The Labute approximate surface area is 116 Å². The molecule has 1 aromatic heterocycles. The second-order valence-corrected chi connectivity index (χ2v) is 5.29. The predicted molar refractivity (Wildman–Crippen MR) is 74.0 cm³/mol. The van der Waals surface area contributed by atoms with Gasteiger partial charge in [0.25, 0.3) is 0 Å². The number of H-pyrrole nitrogens is 1. The molecule has 0 amide bonds. The van der Waals surface area contributed by atoms with Crippen molar-refractivity contribution in [2.45, 2.75) is 29.9 Å². The van der Waals surface area contributed by atoms with Crippen LogP contribution in [0.25, 0.3) is 0 Å². The summed E-state index contributed by atoms with van der Waals surface area (Å²) in [5.74, 6) is 0. The quantitative estimate of drug-likeness (QED) is 0.800. The molecule has 0 unspecified atom stereocenters. The Morgan fingerprint density at radius 1 is 1.44 bits per heavy atom. The molecule has 0 saturated heterocycles.